The molecule has 8 heteroatoms. The summed E-state index contributed by atoms with van der Waals surface area (Å²) in [6, 6.07) is 24.3. The Morgan fingerprint density at radius 1 is 0.708 bits per heavy atom. The van der Waals surface area contributed by atoms with Crippen LogP contribution in [0.15, 0.2) is 107 Å². The van der Waals surface area contributed by atoms with Gasteiger partial charge in [0.25, 0.3) is 0 Å². The number of fused-ring (bicyclic) bond motifs is 1. The highest BCUT2D eigenvalue weighted by Crippen LogP contribution is 2.53. The predicted octanol–water partition coefficient (Wildman–Crippen LogP) is 6.60. The second-order valence-electron chi connectivity index (χ2n) is 14.7. The number of anilines is 1. The van der Waals surface area contributed by atoms with Crippen molar-refractivity contribution in [2.24, 2.45) is 17.8 Å². The number of rotatable bonds is 9. The number of piperidine rings is 1. The van der Waals surface area contributed by atoms with Gasteiger partial charge >= 0.3 is 0 Å². The van der Waals surface area contributed by atoms with E-state index in [4.69, 9.17) is 0 Å². The van der Waals surface area contributed by atoms with Crippen molar-refractivity contribution in [1.29, 1.82) is 0 Å². The molecule has 3 aliphatic heterocycles. The average molecular weight is 662 g/mol. The Balaban J connectivity index is 0.915. The molecule has 1 atom stereocenters. The van der Waals surface area contributed by atoms with Crippen LogP contribution in [0.3, 0.4) is 0 Å². The van der Waals surface area contributed by atoms with Crippen LogP contribution in [0.2, 0.25) is 0 Å². The topological polar surface area (TPSA) is 69.6 Å². The Bertz CT molecular complexity index is 1780. The van der Waals surface area contributed by atoms with Crippen LogP contribution in [-0.2, 0) is 28.3 Å². The Kier molecular flexibility index (Phi) is 8.82. The molecule has 8 rings (SSSR count). The van der Waals surface area contributed by atoms with E-state index in [9.17, 15) is 8.42 Å². The summed E-state index contributed by atoms with van der Waals surface area (Å²) in [6.45, 7) is 8.77. The van der Waals surface area contributed by atoms with Gasteiger partial charge < -0.3 is 9.80 Å². The van der Waals surface area contributed by atoms with E-state index in [1.165, 1.54) is 76.1 Å². The van der Waals surface area contributed by atoms with Crippen LogP contribution in [0, 0.1) is 17.8 Å². The van der Waals surface area contributed by atoms with Crippen molar-refractivity contribution in [1.82, 2.24) is 19.8 Å². The van der Waals surface area contributed by atoms with Crippen molar-refractivity contribution in [2.45, 2.75) is 66.8 Å². The van der Waals surface area contributed by atoms with E-state index in [2.05, 4.69) is 61.1 Å². The maximum atomic E-state index is 13.0. The van der Waals surface area contributed by atoms with Crippen LogP contribution in [-0.4, -0.2) is 67.5 Å². The van der Waals surface area contributed by atoms with Gasteiger partial charge in [-0.05, 0) is 116 Å². The Labute approximate surface area is 285 Å². The first-order chi connectivity index (χ1) is 23.5. The molecule has 2 saturated heterocycles. The summed E-state index contributed by atoms with van der Waals surface area (Å²) in [5.41, 5.74) is 5.90. The molecule has 3 fully saturated rings. The van der Waals surface area contributed by atoms with Crippen molar-refractivity contribution in [2.75, 3.05) is 44.2 Å². The van der Waals surface area contributed by atoms with Crippen LogP contribution in [0.4, 0.5) is 5.69 Å². The predicted molar refractivity (Wildman–Crippen MR) is 189 cm³/mol. The van der Waals surface area contributed by atoms with Crippen molar-refractivity contribution < 1.29 is 8.42 Å². The first-order valence-electron chi connectivity index (χ1n) is 17.9. The van der Waals surface area contributed by atoms with E-state index in [1.807, 2.05) is 24.5 Å². The van der Waals surface area contributed by atoms with Gasteiger partial charge in [-0.25, -0.2) is 8.42 Å². The van der Waals surface area contributed by atoms with E-state index >= 15 is 0 Å². The quantitative estimate of drug-likeness (QED) is 0.200. The number of likely N-dealkylation sites (tertiary alicyclic amines) is 1. The lowest BCUT2D eigenvalue weighted by Crippen LogP contribution is -2.57. The molecule has 1 unspecified atom stereocenters. The molecule has 48 heavy (non-hydrogen) atoms. The van der Waals surface area contributed by atoms with Gasteiger partial charge in [-0.2, -0.15) is 0 Å². The number of pyridine rings is 2. The maximum absolute atomic E-state index is 13.0. The summed E-state index contributed by atoms with van der Waals surface area (Å²) in [7, 11) is -3.53. The zero-order valence-corrected chi connectivity index (χ0v) is 28.6. The van der Waals surface area contributed by atoms with Gasteiger partial charge in [-0.15, -0.1) is 0 Å². The second-order valence-corrected chi connectivity index (χ2v) is 16.7. The van der Waals surface area contributed by atoms with Crippen molar-refractivity contribution in [3.05, 3.63) is 114 Å². The lowest BCUT2D eigenvalue weighted by molar-refractivity contribution is 0.0316. The van der Waals surface area contributed by atoms with Gasteiger partial charge in [0.2, 0.25) is 9.84 Å². The Morgan fingerprint density at radius 3 is 2.04 bits per heavy atom. The molecule has 2 aromatic carbocycles. The first-order valence-corrected chi connectivity index (χ1v) is 19.4. The second kappa shape index (κ2) is 13.4. The summed E-state index contributed by atoms with van der Waals surface area (Å²) in [5.74, 6) is 2.12. The molecule has 4 aromatic rings. The number of sulfone groups is 1. The zero-order valence-electron chi connectivity index (χ0n) is 27.8. The lowest BCUT2D eigenvalue weighted by Gasteiger charge is -2.54. The molecule has 7 nitrogen and oxygen atoms in total. The fraction of sp³-hybridized carbons (Fsp3) is 0.450. The minimum atomic E-state index is -3.53. The van der Waals surface area contributed by atoms with Gasteiger partial charge in [-0.1, -0.05) is 37.1 Å². The van der Waals surface area contributed by atoms with Gasteiger partial charge in [0.05, 0.1) is 9.79 Å². The van der Waals surface area contributed by atoms with Crippen LogP contribution in [0.1, 0.15) is 55.2 Å². The highest BCUT2D eigenvalue weighted by molar-refractivity contribution is 7.91. The van der Waals surface area contributed by atoms with E-state index in [1.54, 1.807) is 35.4 Å². The summed E-state index contributed by atoms with van der Waals surface area (Å²) in [6.07, 6.45) is 14.9. The van der Waals surface area contributed by atoms with Crippen molar-refractivity contribution in [3.8, 4) is 0 Å². The summed E-state index contributed by atoms with van der Waals surface area (Å²) < 4.78 is 26.0. The smallest absolute Gasteiger partial charge is 0.206 e. The molecule has 0 radical (unpaired) electrons. The molecule has 2 aromatic heterocycles. The molecular weight excluding hydrogens is 615 g/mol. The third kappa shape index (κ3) is 6.08. The van der Waals surface area contributed by atoms with Gasteiger partial charge in [0.15, 0.2) is 0 Å². The van der Waals surface area contributed by atoms with Crippen LogP contribution in [0.25, 0.3) is 0 Å². The monoisotopic (exact) mass is 661 g/mol. The minimum absolute atomic E-state index is 0.231. The first kappa shape index (κ1) is 31.7. The Morgan fingerprint density at radius 2 is 1.33 bits per heavy atom. The zero-order chi connectivity index (χ0) is 32.6. The molecule has 1 aliphatic carbocycles. The maximum Gasteiger partial charge on any atom is 0.206 e. The van der Waals surface area contributed by atoms with Gasteiger partial charge in [0, 0.05) is 81.1 Å². The molecule has 0 amide bonds. The molecule has 0 N–H and O–H groups in total. The third-order valence-electron chi connectivity index (χ3n) is 11.9. The van der Waals surface area contributed by atoms with Crippen molar-refractivity contribution in [3.63, 3.8) is 0 Å². The number of hydrogen-bond donors (Lipinski definition) is 0. The van der Waals surface area contributed by atoms with Crippen LogP contribution < -0.4 is 4.90 Å². The number of nitrogens with zero attached hydrogens (tertiary/aromatic N) is 5. The van der Waals surface area contributed by atoms with Crippen LogP contribution in [0.5, 0.6) is 0 Å². The third-order valence-corrected chi connectivity index (χ3v) is 13.7. The largest absolute Gasteiger partial charge is 0.371 e. The molecular formula is C40H47N5O2S. The minimum Gasteiger partial charge on any atom is -0.371 e. The van der Waals surface area contributed by atoms with E-state index in [-0.39, 0.29) is 10.3 Å². The van der Waals surface area contributed by atoms with E-state index < -0.39 is 9.84 Å². The Hall–Kier alpha value is -3.59. The molecule has 4 aliphatic rings. The number of hydrogen-bond acceptors (Lipinski definition) is 7. The van der Waals surface area contributed by atoms with E-state index in [0.29, 0.717) is 16.7 Å². The average Bonchev–Trinajstić information content (AvgIpc) is 3.66. The molecule has 0 spiro atoms. The van der Waals surface area contributed by atoms with Gasteiger partial charge in [0.1, 0.15) is 0 Å². The fourth-order valence-corrected chi connectivity index (χ4v) is 10.8. The van der Waals surface area contributed by atoms with Crippen LogP contribution >= 0.6 is 0 Å². The number of aromatic nitrogens is 2. The normalized spacial score (nSPS) is 23.2. The highest BCUT2D eigenvalue weighted by atomic mass is 32.2. The summed E-state index contributed by atoms with van der Waals surface area (Å²) in [4.78, 5) is 16.7. The summed E-state index contributed by atoms with van der Waals surface area (Å²) in [5, 5.41) is 0. The summed E-state index contributed by atoms with van der Waals surface area (Å²) >= 11 is 0. The number of benzene rings is 2. The van der Waals surface area contributed by atoms with Crippen molar-refractivity contribution >= 4 is 15.5 Å². The molecule has 5 heterocycles. The molecule has 0 bridgehead atoms. The van der Waals surface area contributed by atoms with E-state index in [0.717, 1.165) is 44.3 Å². The standard InChI is InChI=1S/C40H47N5O2S/c46-48(47,38-15-21-42-22-16-38)37-11-9-36(10-12-37)45-27-32(28-45)26-43-23-17-35(18-24-43)40(34-6-2-3-7-34)30-44(25-31-13-19-41-20-14-31)29-33-5-1-4-8-39(33)40/h1,4-5,8-16,19-22,32,34-35H,2-3,6-7,17-18,23-30H2. The molecule has 1 saturated carbocycles. The SMILES string of the molecule is O=S(=O)(c1ccncc1)c1ccc(N2CC(CN3CCC(C4(C5CCCC5)CN(Cc5ccncc5)Cc5ccccc54)CC3)C2)cc1. The highest BCUT2D eigenvalue weighted by Gasteiger charge is 2.51. The molecule has 250 valence electrons. The fourth-order valence-electron chi connectivity index (χ4n) is 9.58. The van der Waals surface area contributed by atoms with Gasteiger partial charge in [-0.3, -0.25) is 14.9 Å². The lowest BCUT2D eigenvalue weighted by atomic mass is 9.57.